The molecule has 0 radical (unpaired) electrons. The van der Waals surface area contributed by atoms with Crippen molar-refractivity contribution in [2.24, 2.45) is 0 Å². The van der Waals surface area contributed by atoms with Gasteiger partial charge in [-0.05, 0) is 24.4 Å². The van der Waals surface area contributed by atoms with Crippen LogP contribution in [0.1, 0.15) is 12.8 Å². The third-order valence-electron chi connectivity index (χ3n) is 0.761. The molecule has 0 unspecified atom stereocenters. The molecule has 1 fully saturated rings. The van der Waals surface area contributed by atoms with Gasteiger partial charge in [0.25, 0.3) is 0 Å². The van der Waals surface area contributed by atoms with Gasteiger partial charge in [-0.15, -0.1) is 0 Å². The van der Waals surface area contributed by atoms with Gasteiger partial charge in [-0.25, -0.2) is 0 Å². The molecule has 0 spiro atoms. The lowest BCUT2D eigenvalue weighted by Crippen LogP contribution is -1.90. The van der Waals surface area contributed by atoms with E-state index in [0.717, 1.165) is 12.8 Å². The standard InChI is InChI=1S/C4H4OS2/c6-3-1-2-4(7)5-3/h1-2H2. The van der Waals surface area contributed by atoms with E-state index < -0.39 is 0 Å². The molecule has 0 amide bonds. The van der Waals surface area contributed by atoms with E-state index in [1.807, 2.05) is 0 Å². The van der Waals surface area contributed by atoms with E-state index in [4.69, 9.17) is 4.74 Å². The Kier molecular flexibility index (Phi) is 1.35. The van der Waals surface area contributed by atoms with Gasteiger partial charge < -0.3 is 4.74 Å². The van der Waals surface area contributed by atoms with Crippen LogP contribution in [0.3, 0.4) is 0 Å². The smallest absolute Gasteiger partial charge is 0.168 e. The molecule has 0 N–H and O–H groups in total. The molecule has 1 rings (SSSR count). The highest BCUT2D eigenvalue weighted by Crippen LogP contribution is 2.08. The van der Waals surface area contributed by atoms with E-state index in [2.05, 4.69) is 24.4 Å². The third-order valence-corrected chi connectivity index (χ3v) is 1.34. The quantitative estimate of drug-likeness (QED) is 0.462. The first-order valence-corrected chi connectivity index (χ1v) is 2.84. The molecule has 7 heavy (non-hydrogen) atoms. The number of ether oxygens (including phenoxy) is 1. The SMILES string of the molecule is S=C1CCC(=S)O1. The van der Waals surface area contributed by atoms with Gasteiger partial charge in [0.2, 0.25) is 0 Å². The van der Waals surface area contributed by atoms with Crippen LogP contribution in [0.4, 0.5) is 0 Å². The van der Waals surface area contributed by atoms with Crippen molar-refractivity contribution in [2.45, 2.75) is 12.8 Å². The summed E-state index contributed by atoms with van der Waals surface area (Å²) in [6.07, 6.45) is 1.68. The maximum atomic E-state index is 4.82. The van der Waals surface area contributed by atoms with Gasteiger partial charge in [-0.2, -0.15) is 0 Å². The minimum atomic E-state index is 0.644. The van der Waals surface area contributed by atoms with E-state index in [1.165, 1.54) is 0 Å². The fraction of sp³-hybridized carbons (Fsp3) is 0.500. The van der Waals surface area contributed by atoms with Crippen LogP contribution in [-0.2, 0) is 4.74 Å². The Balaban J connectivity index is 2.55. The van der Waals surface area contributed by atoms with Crippen LogP contribution >= 0.6 is 24.4 Å². The van der Waals surface area contributed by atoms with Gasteiger partial charge in [-0.3, -0.25) is 0 Å². The van der Waals surface area contributed by atoms with Crippen LogP contribution in [0.2, 0.25) is 0 Å². The number of thiocarbonyl (C=S) groups is 2. The Hall–Kier alpha value is -0.0200. The van der Waals surface area contributed by atoms with Gasteiger partial charge in [0.1, 0.15) is 0 Å². The molecule has 38 valence electrons. The summed E-state index contributed by atoms with van der Waals surface area (Å²) >= 11 is 9.37. The first-order chi connectivity index (χ1) is 3.29. The van der Waals surface area contributed by atoms with Crippen LogP contribution in [0.5, 0.6) is 0 Å². The van der Waals surface area contributed by atoms with Crippen molar-refractivity contribution in [3.63, 3.8) is 0 Å². The van der Waals surface area contributed by atoms with E-state index >= 15 is 0 Å². The molecule has 0 aromatic heterocycles. The van der Waals surface area contributed by atoms with Crippen molar-refractivity contribution in [3.8, 4) is 0 Å². The van der Waals surface area contributed by atoms with E-state index in [1.54, 1.807) is 0 Å². The summed E-state index contributed by atoms with van der Waals surface area (Å²) in [6, 6.07) is 0. The van der Waals surface area contributed by atoms with Crippen LogP contribution in [0.15, 0.2) is 0 Å². The molecule has 0 saturated carbocycles. The maximum absolute atomic E-state index is 4.82. The van der Waals surface area contributed by atoms with E-state index in [0.29, 0.717) is 10.1 Å². The van der Waals surface area contributed by atoms with E-state index in [9.17, 15) is 0 Å². The topological polar surface area (TPSA) is 9.23 Å². The summed E-state index contributed by atoms with van der Waals surface area (Å²) < 4.78 is 4.82. The van der Waals surface area contributed by atoms with Gasteiger partial charge in [0.15, 0.2) is 10.1 Å². The highest BCUT2D eigenvalue weighted by Gasteiger charge is 2.11. The van der Waals surface area contributed by atoms with E-state index in [-0.39, 0.29) is 0 Å². The predicted octanol–water partition coefficient (Wildman–Crippen LogP) is 1.45. The molecule has 1 heterocycles. The average molecular weight is 132 g/mol. The van der Waals surface area contributed by atoms with Crippen molar-refractivity contribution in [1.29, 1.82) is 0 Å². The summed E-state index contributed by atoms with van der Waals surface area (Å²) in [5.74, 6) is 0. The first kappa shape index (κ1) is 5.12. The van der Waals surface area contributed by atoms with Crippen molar-refractivity contribution in [1.82, 2.24) is 0 Å². The lowest BCUT2D eigenvalue weighted by atomic mass is 10.4. The summed E-state index contributed by atoms with van der Waals surface area (Å²) in [5, 5.41) is 1.29. The summed E-state index contributed by atoms with van der Waals surface area (Å²) in [5.41, 5.74) is 0. The molecule has 1 saturated heterocycles. The number of hydrogen-bond acceptors (Lipinski definition) is 3. The lowest BCUT2D eigenvalue weighted by Gasteiger charge is -1.86. The Bertz CT molecular complexity index is 105. The molecule has 1 aliphatic rings. The van der Waals surface area contributed by atoms with Crippen molar-refractivity contribution >= 4 is 34.5 Å². The highest BCUT2D eigenvalue weighted by molar-refractivity contribution is 7.81. The molecule has 0 aromatic carbocycles. The minimum absolute atomic E-state index is 0.644. The second-order valence-corrected chi connectivity index (χ2v) is 2.26. The summed E-state index contributed by atoms with van der Waals surface area (Å²) in [7, 11) is 0. The molecule has 1 aliphatic heterocycles. The zero-order valence-electron chi connectivity index (χ0n) is 3.64. The van der Waals surface area contributed by atoms with Gasteiger partial charge in [0.05, 0.1) is 0 Å². The number of hydrogen-bond donors (Lipinski definition) is 0. The number of rotatable bonds is 0. The monoisotopic (exact) mass is 132 g/mol. The van der Waals surface area contributed by atoms with Gasteiger partial charge in [0, 0.05) is 12.8 Å². The minimum Gasteiger partial charge on any atom is -0.443 e. The molecule has 3 heteroatoms. The van der Waals surface area contributed by atoms with Gasteiger partial charge in [-0.1, -0.05) is 0 Å². The zero-order valence-corrected chi connectivity index (χ0v) is 5.27. The fourth-order valence-electron chi connectivity index (χ4n) is 0.433. The Morgan fingerprint density at radius 3 is 1.71 bits per heavy atom. The Morgan fingerprint density at radius 1 is 1.14 bits per heavy atom. The first-order valence-electron chi connectivity index (χ1n) is 2.02. The van der Waals surface area contributed by atoms with Crippen LogP contribution < -0.4 is 0 Å². The van der Waals surface area contributed by atoms with Crippen molar-refractivity contribution in [3.05, 3.63) is 0 Å². The summed E-state index contributed by atoms with van der Waals surface area (Å²) in [6.45, 7) is 0. The normalized spacial score (nSPS) is 20.0. The second kappa shape index (κ2) is 1.84. The van der Waals surface area contributed by atoms with Crippen LogP contribution in [0, 0.1) is 0 Å². The largest absolute Gasteiger partial charge is 0.443 e. The molecule has 0 aromatic rings. The zero-order chi connectivity index (χ0) is 5.28. The molecule has 0 aliphatic carbocycles. The van der Waals surface area contributed by atoms with Crippen LogP contribution in [0.25, 0.3) is 0 Å². The highest BCUT2D eigenvalue weighted by atomic mass is 32.1. The molecule has 0 atom stereocenters. The van der Waals surface area contributed by atoms with Crippen molar-refractivity contribution < 1.29 is 4.74 Å². The molecule has 0 bridgehead atoms. The lowest BCUT2D eigenvalue weighted by molar-refractivity contribution is 0.586. The summed E-state index contributed by atoms with van der Waals surface area (Å²) in [4.78, 5) is 0. The molecular weight excluding hydrogens is 128 g/mol. The predicted molar refractivity (Wildman–Crippen MR) is 35.5 cm³/mol. The second-order valence-electron chi connectivity index (χ2n) is 1.35. The fourth-order valence-corrected chi connectivity index (χ4v) is 0.891. The maximum Gasteiger partial charge on any atom is 0.168 e. The van der Waals surface area contributed by atoms with Crippen molar-refractivity contribution in [2.75, 3.05) is 0 Å². The van der Waals surface area contributed by atoms with Crippen LogP contribution in [-0.4, -0.2) is 10.1 Å². The van der Waals surface area contributed by atoms with Gasteiger partial charge >= 0.3 is 0 Å². The molecular formula is C4H4OS2. The third kappa shape index (κ3) is 1.17. The Labute approximate surface area is 52.7 Å². The average Bonchev–Trinajstić information content (AvgIpc) is 1.87. The Morgan fingerprint density at radius 2 is 1.57 bits per heavy atom. The molecule has 1 nitrogen and oxygen atoms in total.